The topological polar surface area (TPSA) is 71.8 Å². The maximum Gasteiger partial charge on any atom is 0.433 e. The van der Waals surface area contributed by atoms with Gasteiger partial charge in [0.15, 0.2) is 0 Å². The Morgan fingerprint density at radius 2 is 1.77 bits per heavy atom. The molecule has 0 saturated heterocycles. The zero-order chi connectivity index (χ0) is 25.5. The summed E-state index contributed by atoms with van der Waals surface area (Å²) in [5.41, 5.74) is -1.63. The van der Waals surface area contributed by atoms with Crippen molar-refractivity contribution < 1.29 is 26.7 Å². The number of aromatic nitrogens is 3. The van der Waals surface area contributed by atoms with Crippen LogP contribution in [-0.4, -0.2) is 32.8 Å². The predicted molar refractivity (Wildman–Crippen MR) is 122 cm³/mol. The van der Waals surface area contributed by atoms with Gasteiger partial charge in [0.2, 0.25) is 0 Å². The zero-order valence-electron chi connectivity index (χ0n) is 18.3. The summed E-state index contributed by atoms with van der Waals surface area (Å²) in [6.45, 7) is 0. The summed E-state index contributed by atoms with van der Waals surface area (Å²) in [5, 5.41) is 10.1. The van der Waals surface area contributed by atoms with E-state index in [-0.39, 0.29) is 34.0 Å². The third-order valence-electron chi connectivity index (χ3n) is 5.92. The van der Waals surface area contributed by atoms with Gasteiger partial charge in [0.05, 0.1) is 5.52 Å². The molecule has 4 rings (SSSR count). The van der Waals surface area contributed by atoms with Gasteiger partial charge in [-0.25, -0.2) is 13.8 Å². The molecule has 1 aliphatic rings. The van der Waals surface area contributed by atoms with Crippen molar-refractivity contribution in [3.8, 4) is 0 Å². The number of aryl methyl sites for hydroxylation is 1. The highest BCUT2D eigenvalue weighted by molar-refractivity contribution is 6.33. The lowest BCUT2D eigenvalue weighted by atomic mass is 9.90. The highest BCUT2D eigenvalue weighted by Gasteiger charge is 2.34. The van der Waals surface area contributed by atoms with Crippen LogP contribution in [0.1, 0.15) is 53.9 Å². The molecule has 188 valence electrons. The Morgan fingerprint density at radius 1 is 1.11 bits per heavy atom. The molecule has 1 saturated carbocycles. The van der Waals surface area contributed by atoms with Crippen molar-refractivity contribution >= 4 is 45.7 Å². The average Bonchev–Trinajstić information content (AvgIpc) is 3.09. The monoisotopic (exact) mass is 535 g/mol. The summed E-state index contributed by atoms with van der Waals surface area (Å²) in [6, 6.07) is 4.94. The fourth-order valence-corrected chi connectivity index (χ4v) is 4.60. The van der Waals surface area contributed by atoms with Crippen LogP contribution in [0.5, 0.6) is 0 Å². The summed E-state index contributed by atoms with van der Waals surface area (Å²) in [5.74, 6) is -0.737. The summed E-state index contributed by atoms with van der Waals surface area (Å²) in [7, 11) is 1.36. The highest BCUT2D eigenvalue weighted by atomic mass is 35.5. The van der Waals surface area contributed by atoms with Crippen LogP contribution >= 0.6 is 23.2 Å². The van der Waals surface area contributed by atoms with Crippen LogP contribution in [0.15, 0.2) is 24.3 Å². The van der Waals surface area contributed by atoms with E-state index < -0.39 is 29.9 Å². The molecule has 1 aliphatic carbocycles. The minimum atomic E-state index is -4.61. The number of nitrogens with zero attached hydrogens (tertiary/aromatic N) is 3. The first-order valence-electron chi connectivity index (χ1n) is 10.7. The molecule has 0 atom stereocenters. The maximum atomic E-state index is 13.4. The smallest absolute Gasteiger partial charge is 0.382 e. The number of benzene rings is 1. The molecule has 13 heteroatoms. The lowest BCUT2D eigenvalue weighted by Crippen LogP contribution is -2.40. The molecular weight excluding hydrogens is 516 g/mol. The molecule has 3 aromatic rings. The number of fused-ring (bicyclic) bond motifs is 1. The Balaban J connectivity index is 1.46. The number of hydrogen-bond donors (Lipinski definition) is 2. The third-order valence-corrected chi connectivity index (χ3v) is 6.59. The molecule has 0 unspecified atom stereocenters. The molecule has 0 radical (unpaired) electrons. The number of halogens is 7. The molecule has 0 bridgehead atoms. The van der Waals surface area contributed by atoms with Crippen molar-refractivity contribution in [3.63, 3.8) is 0 Å². The molecule has 2 aromatic heterocycles. The lowest BCUT2D eigenvalue weighted by molar-refractivity contribution is -0.140. The van der Waals surface area contributed by atoms with Crippen molar-refractivity contribution in [3.05, 3.63) is 51.4 Å². The first-order valence-corrected chi connectivity index (χ1v) is 11.4. The van der Waals surface area contributed by atoms with Crippen LogP contribution in [0.3, 0.4) is 0 Å². The number of hydrogen-bond acceptors (Lipinski definition) is 4. The van der Waals surface area contributed by atoms with Gasteiger partial charge in [0.1, 0.15) is 22.1 Å². The number of carbonyl (C=O) groups is 1. The van der Waals surface area contributed by atoms with Gasteiger partial charge in [-0.05, 0) is 49.9 Å². The minimum Gasteiger partial charge on any atom is -0.382 e. The van der Waals surface area contributed by atoms with Gasteiger partial charge in [-0.2, -0.15) is 18.3 Å². The Bertz CT molecular complexity index is 1260. The number of pyridine rings is 1. The van der Waals surface area contributed by atoms with Crippen LogP contribution in [0, 0.1) is 0 Å². The SMILES string of the molecule is Cn1nc(C(F)F)c(C(=O)NC2CCC(Nc3cc(C(F)(F)F)nc4ccc(Cl)cc34)CC2)c1Cl. The summed E-state index contributed by atoms with van der Waals surface area (Å²) < 4.78 is 67.6. The molecule has 2 N–H and O–H groups in total. The minimum absolute atomic E-state index is 0.163. The normalized spacial score (nSPS) is 18.8. The van der Waals surface area contributed by atoms with Crippen LogP contribution < -0.4 is 10.6 Å². The molecule has 35 heavy (non-hydrogen) atoms. The van der Waals surface area contributed by atoms with Crippen LogP contribution in [0.25, 0.3) is 10.9 Å². The van der Waals surface area contributed by atoms with Gasteiger partial charge >= 0.3 is 6.18 Å². The molecule has 0 spiro atoms. The van der Waals surface area contributed by atoms with Gasteiger partial charge in [-0.3, -0.25) is 9.48 Å². The second-order valence-corrected chi connectivity index (χ2v) is 9.15. The van der Waals surface area contributed by atoms with Gasteiger partial charge < -0.3 is 10.6 Å². The van der Waals surface area contributed by atoms with E-state index >= 15 is 0 Å². The van der Waals surface area contributed by atoms with Crippen molar-refractivity contribution in [1.82, 2.24) is 20.1 Å². The van der Waals surface area contributed by atoms with Gasteiger partial charge in [-0.15, -0.1) is 0 Å². The molecule has 6 nitrogen and oxygen atoms in total. The van der Waals surface area contributed by atoms with E-state index in [1.165, 1.54) is 19.2 Å². The quantitative estimate of drug-likeness (QED) is 0.371. The molecule has 2 heterocycles. The zero-order valence-corrected chi connectivity index (χ0v) is 19.8. The van der Waals surface area contributed by atoms with E-state index in [4.69, 9.17) is 23.2 Å². The van der Waals surface area contributed by atoms with Crippen LogP contribution in [-0.2, 0) is 13.2 Å². The molecule has 1 amide bonds. The standard InChI is InChI=1S/C22H20Cl2F5N5O/c1-34-19(24)17(18(33-34)20(25)26)21(35)31-12-5-3-11(4-6-12)30-15-9-16(22(27,28)29)32-14-7-2-10(23)8-13(14)15/h2,7-9,11-12,20H,3-6H2,1H3,(H,30,32)(H,31,35). The summed E-state index contributed by atoms with van der Waals surface area (Å²) >= 11 is 12.0. The van der Waals surface area contributed by atoms with Crippen molar-refractivity contribution in [2.75, 3.05) is 5.32 Å². The molecule has 1 aromatic carbocycles. The van der Waals surface area contributed by atoms with Gasteiger partial charge in [0.25, 0.3) is 12.3 Å². The number of nitrogens with one attached hydrogen (secondary N) is 2. The largest absolute Gasteiger partial charge is 0.433 e. The van der Waals surface area contributed by atoms with Crippen molar-refractivity contribution in [1.29, 1.82) is 0 Å². The van der Waals surface area contributed by atoms with Crippen LogP contribution in [0.4, 0.5) is 27.6 Å². The van der Waals surface area contributed by atoms with E-state index in [0.29, 0.717) is 36.1 Å². The van der Waals surface area contributed by atoms with E-state index in [9.17, 15) is 26.7 Å². The number of alkyl halides is 5. The molecule has 1 fully saturated rings. The number of carbonyl (C=O) groups excluding carboxylic acids is 1. The van der Waals surface area contributed by atoms with Crippen LogP contribution in [0.2, 0.25) is 10.2 Å². The summed E-state index contributed by atoms with van der Waals surface area (Å²) in [4.78, 5) is 16.3. The first-order chi connectivity index (χ1) is 16.4. The Labute approximate surface area is 206 Å². The number of anilines is 1. The maximum absolute atomic E-state index is 13.4. The predicted octanol–water partition coefficient (Wildman–Crippen LogP) is 6.38. The second-order valence-electron chi connectivity index (χ2n) is 8.36. The van der Waals surface area contributed by atoms with E-state index in [2.05, 4.69) is 20.7 Å². The molecule has 0 aliphatic heterocycles. The molecular formula is C22H20Cl2F5N5O. The van der Waals surface area contributed by atoms with Gasteiger partial charge in [-0.1, -0.05) is 23.2 Å². The second kappa shape index (κ2) is 9.77. The first kappa shape index (κ1) is 25.4. The van der Waals surface area contributed by atoms with Crippen molar-refractivity contribution in [2.45, 2.75) is 50.4 Å². The number of rotatable bonds is 5. The highest BCUT2D eigenvalue weighted by Crippen LogP contribution is 2.35. The Hall–Kier alpha value is -2.66. The summed E-state index contributed by atoms with van der Waals surface area (Å²) in [6.07, 6.45) is -5.54. The van der Waals surface area contributed by atoms with Crippen molar-refractivity contribution in [2.24, 2.45) is 7.05 Å². The van der Waals surface area contributed by atoms with E-state index in [1.54, 1.807) is 6.07 Å². The average molecular weight is 536 g/mol. The van der Waals surface area contributed by atoms with E-state index in [1.807, 2.05) is 0 Å². The van der Waals surface area contributed by atoms with Gasteiger partial charge in [0, 0.05) is 35.2 Å². The fourth-order valence-electron chi connectivity index (χ4n) is 4.21. The fraction of sp³-hybridized carbons (Fsp3) is 0.409. The Morgan fingerprint density at radius 3 is 2.40 bits per heavy atom. The van der Waals surface area contributed by atoms with E-state index in [0.717, 1.165) is 10.7 Å². The third kappa shape index (κ3) is 5.45. The Kier molecular flexibility index (Phi) is 7.10. The lowest BCUT2D eigenvalue weighted by Gasteiger charge is -2.30. The number of amides is 1.